The molecule has 0 radical (unpaired) electrons. The van der Waals surface area contributed by atoms with Crippen LogP contribution in [0, 0.1) is 0 Å². The Balaban J connectivity index is 0.000000771. The van der Waals surface area contributed by atoms with Gasteiger partial charge in [-0.3, -0.25) is 4.79 Å². The van der Waals surface area contributed by atoms with Crippen molar-refractivity contribution in [1.29, 1.82) is 0 Å². The van der Waals surface area contributed by atoms with Gasteiger partial charge < -0.3 is 0 Å². The molecule has 0 N–H and O–H groups in total. The van der Waals surface area contributed by atoms with Crippen molar-refractivity contribution in [2.75, 3.05) is 0 Å². The quantitative estimate of drug-likeness (QED) is 0.648. The normalized spacial score (nSPS) is 18.8. The Bertz CT molecular complexity index is 404. The van der Waals surface area contributed by atoms with E-state index >= 15 is 0 Å². The number of fused-ring (bicyclic) bond motifs is 1. The summed E-state index contributed by atoms with van der Waals surface area (Å²) in [7, 11) is 0. The largest absolute Gasteiger partial charge is 0.299 e. The first kappa shape index (κ1) is 14.9. The molecule has 0 aliphatic heterocycles. The van der Waals surface area contributed by atoms with E-state index in [1.165, 1.54) is 16.7 Å². The van der Waals surface area contributed by atoms with Crippen molar-refractivity contribution in [3.8, 4) is 0 Å². The number of hydrogen-bond donors (Lipinski definition) is 0. The van der Waals surface area contributed by atoms with Crippen molar-refractivity contribution >= 4 is 5.78 Å². The molecule has 1 aromatic rings. The maximum Gasteiger partial charge on any atom is 0.137 e. The third-order valence-corrected chi connectivity index (χ3v) is 3.61. The van der Waals surface area contributed by atoms with Crippen molar-refractivity contribution in [3.05, 3.63) is 34.9 Å². The lowest BCUT2D eigenvalue weighted by atomic mass is 9.90. The van der Waals surface area contributed by atoms with Gasteiger partial charge in [0.05, 0.1) is 0 Å². The molecule has 1 atom stereocenters. The maximum atomic E-state index is 11.7. The summed E-state index contributed by atoms with van der Waals surface area (Å²) in [5.74, 6) is 1.47. The fourth-order valence-electron chi connectivity index (χ4n) is 2.45. The van der Waals surface area contributed by atoms with Crippen molar-refractivity contribution in [1.82, 2.24) is 0 Å². The molecule has 1 aromatic carbocycles. The van der Waals surface area contributed by atoms with Crippen LogP contribution in [-0.2, 0) is 11.2 Å². The molecule has 1 aliphatic rings. The van der Waals surface area contributed by atoms with Crippen LogP contribution in [0.3, 0.4) is 0 Å². The second-order valence-electron chi connectivity index (χ2n) is 5.27. The van der Waals surface area contributed by atoms with E-state index in [0.29, 0.717) is 24.0 Å². The highest BCUT2D eigenvalue weighted by Gasteiger charge is 2.19. The van der Waals surface area contributed by atoms with Crippen molar-refractivity contribution < 1.29 is 4.79 Å². The standard InChI is InChI=1S/C15H20O.C2H6/c1-10(2)12-5-7-15-11(3)4-6-14(16)9-13(15)8-12;1-2/h5,7-8,10-11H,4,6,9H2,1-3H3;1-2H3. The van der Waals surface area contributed by atoms with E-state index in [2.05, 4.69) is 39.0 Å². The molecule has 2 rings (SSSR count). The topological polar surface area (TPSA) is 17.1 Å². The fourth-order valence-corrected chi connectivity index (χ4v) is 2.45. The lowest BCUT2D eigenvalue weighted by Gasteiger charge is -2.14. The van der Waals surface area contributed by atoms with Crippen LogP contribution >= 0.6 is 0 Å². The lowest BCUT2D eigenvalue weighted by Crippen LogP contribution is -2.01. The van der Waals surface area contributed by atoms with Crippen LogP contribution in [0.2, 0.25) is 0 Å². The van der Waals surface area contributed by atoms with Gasteiger partial charge in [0.1, 0.15) is 5.78 Å². The van der Waals surface area contributed by atoms with Gasteiger partial charge >= 0.3 is 0 Å². The molecular formula is C17H26O. The Morgan fingerprint density at radius 1 is 1.22 bits per heavy atom. The summed E-state index contributed by atoms with van der Waals surface area (Å²) < 4.78 is 0. The molecule has 18 heavy (non-hydrogen) atoms. The SMILES string of the molecule is CC.CC(C)c1ccc2c(c1)CC(=O)CCC2C. The van der Waals surface area contributed by atoms with E-state index in [1.54, 1.807) is 0 Å². The van der Waals surface area contributed by atoms with Gasteiger partial charge in [-0.25, -0.2) is 0 Å². The summed E-state index contributed by atoms with van der Waals surface area (Å²) in [6, 6.07) is 6.68. The minimum Gasteiger partial charge on any atom is -0.299 e. The minimum atomic E-state index is 0.395. The molecule has 0 saturated heterocycles. The average molecular weight is 246 g/mol. The molecule has 0 amide bonds. The van der Waals surface area contributed by atoms with Crippen molar-refractivity contribution in [3.63, 3.8) is 0 Å². The zero-order valence-electron chi connectivity index (χ0n) is 12.4. The van der Waals surface area contributed by atoms with Gasteiger partial charge in [0.25, 0.3) is 0 Å². The number of hydrogen-bond acceptors (Lipinski definition) is 1. The monoisotopic (exact) mass is 246 g/mol. The van der Waals surface area contributed by atoms with Crippen molar-refractivity contribution in [2.45, 2.75) is 65.7 Å². The van der Waals surface area contributed by atoms with Crippen LogP contribution in [-0.4, -0.2) is 5.78 Å². The Hall–Kier alpha value is -1.11. The molecule has 1 unspecified atom stereocenters. The molecule has 0 fully saturated rings. The van der Waals surface area contributed by atoms with Gasteiger partial charge in [0.15, 0.2) is 0 Å². The summed E-state index contributed by atoms with van der Waals surface area (Å²) in [5.41, 5.74) is 4.00. The van der Waals surface area contributed by atoms with Gasteiger partial charge in [-0.1, -0.05) is 52.8 Å². The van der Waals surface area contributed by atoms with Crippen molar-refractivity contribution in [2.24, 2.45) is 0 Å². The number of benzene rings is 1. The maximum absolute atomic E-state index is 11.7. The zero-order chi connectivity index (χ0) is 13.7. The van der Waals surface area contributed by atoms with E-state index in [0.717, 1.165) is 12.8 Å². The smallest absolute Gasteiger partial charge is 0.137 e. The molecular weight excluding hydrogens is 220 g/mol. The number of carbonyl (C=O) groups excluding carboxylic acids is 1. The van der Waals surface area contributed by atoms with Gasteiger partial charge in [-0.05, 0) is 34.9 Å². The molecule has 0 aromatic heterocycles. The molecule has 0 bridgehead atoms. The van der Waals surface area contributed by atoms with Crippen LogP contribution < -0.4 is 0 Å². The summed E-state index contributed by atoms with van der Waals surface area (Å²) in [4.78, 5) is 11.7. The van der Waals surface area contributed by atoms with E-state index in [-0.39, 0.29) is 0 Å². The first-order valence-electron chi connectivity index (χ1n) is 7.22. The fraction of sp³-hybridized carbons (Fsp3) is 0.588. The van der Waals surface area contributed by atoms with Crippen LogP contribution in [0.4, 0.5) is 0 Å². The van der Waals surface area contributed by atoms with E-state index in [9.17, 15) is 4.79 Å². The third kappa shape index (κ3) is 3.44. The Morgan fingerprint density at radius 3 is 2.50 bits per heavy atom. The summed E-state index contributed by atoms with van der Waals surface area (Å²) in [6.07, 6.45) is 2.39. The van der Waals surface area contributed by atoms with Gasteiger partial charge in [0, 0.05) is 12.8 Å². The number of ketones is 1. The number of Topliss-reactive ketones (excluding diaryl/α,β-unsaturated/α-hetero) is 1. The highest BCUT2D eigenvalue weighted by molar-refractivity contribution is 5.82. The second-order valence-corrected chi connectivity index (χ2v) is 5.27. The predicted octanol–water partition coefficient (Wildman–Crippen LogP) is 4.85. The van der Waals surface area contributed by atoms with Gasteiger partial charge in [-0.2, -0.15) is 0 Å². The Kier molecular flexibility index (Phi) is 5.58. The molecule has 1 aliphatic carbocycles. The Morgan fingerprint density at radius 2 is 1.89 bits per heavy atom. The van der Waals surface area contributed by atoms with Crippen LogP contribution in [0.1, 0.15) is 76.0 Å². The van der Waals surface area contributed by atoms with E-state index in [1.807, 2.05) is 13.8 Å². The second kappa shape index (κ2) is 6.72. The summed E-state index contributed by atoms with van der Waals surface area (Å²) in [6.45, 7) is 10.6. The van der Waals surface area contributed by atoms with Crippen LogP contribution in [0.5, 0.6) is 0 Å². The van der Waals surface area contributed by atoms with Gasteiger partial charge in [-0.15, -0.1) is 0 Å². The highest BCUT2D eigenvalue weighted by Crippen LogP contribution is 2.30. The molecule has 0 heterocycles. The predicted molar refractivity (Wildman–Crippen MR) is 78.2 cm³/mol. The minimum absolute atomic E-state index is 0.395. The number of rotatable bonds is 1. The van der Waals surface area contributed by atoms with E-state index in [4.69, 9.17) is 0 Å². The third-order valence-electron chi connectivity index (χ3n) is 3.61. The lowest BCUT2D eigenvalue weighted by molar-refractivity contribution is -0.118. The van der Waals surface area contributed by atoms with Crippen LogP contribution in [0.15, 0.2) is 18.2 Å². The molecule has 1 heteroatoms. The zero-order valence-corrected chi connectivity index (χ0v) is 12.4. The summed E-state index contributed by atoms with van der Waals surface area (Å²) in [5, 5.41) is 0. The molecule has 0 spiro atoms. The number of carbonyl (C=O) groups is 1. The summed E-state index contributed by atoms with van der Waals surface area (Å²) >= 11 is 0. The van der Waals surface area contributed by atoms with Gasteiger partial charge in [0.2, 0.25) is 0 Å². The molecule has 1 nitrogen and oxygen atoms in total. The average Bonchev–Trinajstić information content (AvgIpc) is 2.51. The Labute approximate surface area is 112 Å². The molecule has 0 saturated carbocycles. The first-order valence-corrected chi connectivity index (χ1v) is 7.22. The first-order chi connectivity index (χ1) is 8.58. The molecule has 100 valence electrons. The highest BCUT2D eigenvalue weighted by atomic mass is 16.1. The van der Waals surface area contributed by atoms with E-state index < -0.39 is 0 Å². The van der Waals surface area contributed by atoms with Crippen LogP contribution in [0.25, 0.3) is 0 Å².